The van der Waals surface area contributed by atoms with E-state index >= 15 is 0 Å². The molecule has 0 bridgehead atoms. The molecule has 0 N–H and O–H groups in total. The quantitative estimate of drug-likeness (QED) is 0.725. The molecule has 3 rings (SSSR count). The maximum Gasteiger partial charge on any atom is 0.133 e. The molecular weight excluding hydrogens is 282 g/mol. The van der Waals surface area contributed by atoms with E-state index in [1.807, 2.05) is 31.2 Å². The molecule has 0 aliphatic carbocycles. The van der Waals surface area contributed by atoms with Gasteiger partial charge in [-0.1, -0.05) is 67.6 Å². The Balaban J connectivity index is 1.91. The highest BCUT2D eigenvalue weighted by Crippen LogP contribution is 2.36. The van der Waals surface area contributed by atoms with Crippen molar-refractivity contribution in [2.75, 3.05) is 0 Å². The standard InChI is InChI=1S/C21H21NO/c1-2-19(23)14-13-18-15-20(16-9-5-3-6-10-16)21(22-18)17-11-7-4-8-12-17/h3-12H,2,13-15H2,1H3. The third kappa shape index (κ3) is 3.65. The lowest BCUT2D eigenvalue weighted by molar-refractivity contribution is -0.118. The van der Waals surface area contributed by atoms with Crippen molar-refractivity contribution in [3.05, 3.63) is 71.8 Å². The van der Waals surface area contributed by atoms with Crippen LogP contribution >= 0.6 is 0 Å². The van der Waals surface area contributed by atoms with Gasteiger partial charge in [-0.15, -0.1) is 0 Å². The highest BCUT2D eigenvalue weighted by atomic mass is 16.1. The van der Waals surface area contributed by atoms with Crippen LogP contribution in [0.1, 0.15) is 43.7 Å². The number of ketones is 1. The van der Waals surface area contributed by atoms with Crippen LogP contribution < -0.4 is 0 Å². The van der Waals surface area contributed by atoms with Crippen LogP contribution in [0.4, 0.5) is 0 Å². The summed E-state index contributed by atoms with van der Waals surface area (Å²) in [5.74, 6) is 0.308. The van der Waals surface area contributed by atoms with Crippen LogP contribution in [0.3, 0.4) is 0 Å². The summed E-state index contributed by atoms with van der Waals surface area (Å²) in [6.45, 7) is 1.92. The smallest absolute Gasteiger partial charge is 0.133 e. The molecule has 0 atom stereocenters. The Kier molecular flexibility index (Phi) is 4.82. The predicted octanol–water partition coefficient (Wildman–Crippen LogP) is 5.16. The number of Topliss-reactive ketones (excluding diaryl/α,β-unsaturated/α-hetero) is 1. The van der Waals surface area contributed by atoms with Gasteiger partial charge in [-0.05, 0) is 17.6 Å². The fourth-order valence-electron chi connectivity index (χ4n) is 2.87. The highest BCUT2D eigenvalue weighted by molar-refractivity contribution is 6.10. The zero-order valence-corrected chi connectivity index (χ0v) is 13.5. The fraction of sp³-hybridized carbons (Fsp3) is 0.238. The normalized spacial score (nSPS) is 14.0. The molecule has 2 nitrogen and oxygen atoms in total. The zero-order valence-electron chi connectivity index (χ0n) is 13.5. The first-order valence-electron chi connectivity index (χ1n) is 8.20. The summed E-state index contributed by atoms with van der Waals surface area (Å²) >= 11 is 0. The van der Waals surface area contributed by atoms with Gasteiger partial charge >= 0.3 is 0 Å². The number of aliphatic imine (C=N–C) groups is 1. The van der Waals surface area contributed by atoms with E-state index in [4.69, 9.17) is 4.99 Å². The zero-order chi connectivity index (χ0) is 16.1. The second kappa shape index (κ2) is 7.19. The second-order valence-electron chi connectivity index (χ2n) is 5.81. The predicted molar refractivity (Wildman–Crippen MR) is 96.3 cm³/mol. The summed E-state index contributed by atoms with van der Waals surface area (Å²) in [5, 5.41) is 0. The molecule has 1 aliphatic heterocycles. The minimum Gasteiger partial charge on any atom is -0.300 e. The minimum atomic E-state index is 0.308. The van der Waals surface area contributed by atoms with Gasteiger partial charge in [0.15, 0.2) is 0 Å². The summed E-state index contributed by atoms with van der Waals surface area (Å²) in [6, 6.07) is 20.7. The molecule has 0 spiro atoms. The van der Waals surface area contributed by atoms with Crippen molar-refractivity contribution in [1.82, 2.24) is 0 Å². The van der Waals surface area contributed by atoms with Crippen LogP contribution in [-0.4, -0.2) is 11.5 Å². The van der Waals surface area contributed by atoms with Crippen molar-refractivity contribution in [2.24, 2.45) is 4.99 Å². The first kappa shape index (κ1) is 15.4. The number of carbonyl (C=O) groups excluding carboxylic acids is 1. The third-order valence-electron chi connectivity index (χ3n) is 4.19. The van der Waals surface area contributed by atoms with E-state index in [1.54, 1.807) is 0 Å². The van der Waals surface area contributed by atoms with Gasteiger partial charge in [-0.25, -0.2) is 0 Å². The number of hydrogen-bond donors (Lipinski definition) is 0. The Bertz CT molecular complexity index is 742. The molecule has 0 saturated heterocycles. The summed E-state index contributed by atoms with van der Waals surface area (Å²) < 4.78 is 0. The van der Waals surface area contributed by atoms with Gasteiger partial charge in [-0.2, -0.15) is 0 Å². The maximum absolute atomic E-state index is 11.6. The van der Waals surface area contributed by atoms with Crippen molar-refractivity contribution in [1.29, 1.82) is 0 Å². The highest BCUT2D eigenvalue weighted by Gasteiger charge is 2.20. The van der Waals surface area contributed by atoms with Gasteiger partial charge in [0, 0.05) is 30.5 Å². The van der Waals surface area contributed by atoms with E-state index in [2.05, 4.69) is 36.4 Å². The number of rotatable bonds is 6. The van der Waals surface area contributed by atoms with Gasteiger partial charge < -0.3 is 0 Å². The Morgan fingerprint density at radius 1 is 0.957 bits per heavy atom. The Morgan fingerprint density at radius 2 is 1.57 bits per heavy atom. The van der Waals surface area contributed by atoms with Crippen LogP contribution in [0.5, 0.6) is 0 Å². The first-order valence-corrected chi connectivity index (χ1v) is 8.20. The second-order valence-corrected chi connectivity index (χ2v) is 5.81. The van der Waals surface area contributed by atoms with Gasteiger partial charge in [0.05, 0.1) is 5.70 Å². The van der Waals surface area contributed by atoms with Gasteiger partial charge in [-0.3, -0.25) is 9.79 Å². The SMILES string of the molecule is CCC(=O)CCC1=NC(c2ccccc2)=C(c2ccccc2)C1. The van der Waals surface area contributed by atoms with E-state index in [0.717, 1.165) is 29.8 Å². The van der Waals surface area contributed by atoms with E-state index in [0.29, 0.717) is 18.6 Å². The lowest BCUT2D eigenvalue weighted by atomic mass is 9.96. The number of allylic oxidation sites excluding steroid dienone is 1. The summed E-state index contributed by atoms with van der Waals surface area (Å²) in [7, 11) is 0. The van der Waals surface area contributed by atoms with Crippen LogP contribution in [0, 0.1) is 0 Å². The molecule has 23 heavy (non-hydrogen) atoms. The Labute approximate surface area is 137 Å². The van der Waals surface area contributed by atoms with Crippen LogP contribution in [-0.2, 0) is 4.79 Å². The Hall–Kier alpha value is -2.48. The van der Waals surface area contributed by atoms with Crippen LogP contribution in [0.25, 0.3) is 11.3 Å². The number of hydrogen-bond acceptors (Lipinski definition) is 2. The summed E-state index contributed by atoms with van der Waals surface area (Å²) in [5.41, 5.74) is 5.78. The molecule has 116 valence electrons. The molecule has 2 aromatic carbocycles. The number of benzene rings is 2. The van der Waals surface area contributed by atoms with Crippen LogP contribution in [0.15, 0.2) is 65.7 Å². The third-order valence-corrected chi connectivity index (χ3v) is 4.19. The van der Waals surface area contributed by atoms with E-state index < -0.39 is 0 Å². The van der Waals surface area contributed by atoms with Gasteiger partial charge in [0.25, 0.3) is 0 Å². The lowest BCUT2D eigenvalue weighted by Gasteiger charge is -2.06. The molecule has 1 aliphatic rings. The molecule has 0 radical (unpaired) electrons. The Morgan fingerprint density at radius 3 is 2.17 bits per heavy atom. The van der Waals surface area contributed by atoms with Crippen molar-refractivity contribution in [2.45, 2.75) is 32.6 Å². The molecule has 0 amide bonds. The summed E-state index contributed by atoms with van der Waals surface area (Å²) in [6.07, 6.45) is 2.81. The molecule has 0 fully saturated rings. The topological polar surface area (TPSA) is 29.4 Å². The molecule has 2 heteroatoms. The number of nitrogens with zero attached hydrogens (tertiary/aromatic N) is 1. The van der Waals surface area contributed by atoms with E-state index in [-0.39, 0.29) is 0 Å². The van der Waals surface area contributed by atoms with Crippen LogP contribution in [0.2, 0.25) is 0 Å². The molecule has 0 unspecified atom stereocenters. The van der Waals surface area contributed by atoms with Crippen molar-refractivity contribution < 1.29 is 4.79 Å². The number of carbonyl (C=O) groups is 1. The summed E-state index contributed by atoms with van der Waals surface area (Å²) in [4.78, 5) is 16.5. The molecule has 0 aromatic heterocycles. The lowest BCUT2D eigenvalue weighted by Crippen LogP contribution is -2.01. The average molecular weight is 303 g/mol. The average Bonchev–Trinajstić information content (AvgIpc) is 3.05. The first-order chi connectivity index (χ1) is 11.3. The van der Waals surface area contributed by atoms with Gasteiger partial charge in [0.1, 0.15) is 5.78 Å². The fourth-order valence-corrected chi connectivity index (χ4v) is 2.87. The van der Waals surface area contributed by atoms with Crippen molar-refractivity contribution in [3.63, 3.8) is 0 Å². The van der Waals surface area contributed by atoms with E-state index in [9.17, 15) is 4.79 Å². The van der Waals surface area contributed by atoms with Crippen molar-refractivity contribution >= 4 is 22.8 Å². The molecule has 1 heterocycles. The molecular formula is C21H21NO. The molecule has 2 aromatic rings. The largest absolute Gasteiger partial charge is 0.300 e. The van der Waals surface area contributed by atoms with E-state index in [1.165, 1.54) is 11.1 Å². The van der Waals surface area contributed by atoms with Crippen molar-refractivity contribution in [3.8, 4) is 0 Å². The maximum atomic E-state index is 11.6. The monoisotopic (exact) mass is 303 g/mol. The minimum absolute atomic E-state index is 0.308. The van der Waals surface area contributed by atoms with Gasteiger partial charge in [0.2, 0.25) is 0 Å². The molecule has 0 saturated carbocycles.